The Kier molecular flexibility index (Phi) is 10.8. The number of hydrogen-bond acceptors (Lipinski definition) is 9. The molecule has 1 unspecified atom stereocenters. The van der Waals surface area contributed by atoms with Crippen molar-refractivity contribution in [2.45, 2.75) is 78.4 Å². The van der Waals surface area contributed by atoms with Gasteiger partial charge in [-0.2, -0.15) is 4.98 Å². The quantitative estimate of drug-likeness (QED) is 0.130. The molecule has 2 aromatic rings. The molecular weight excluding hydrogens is 558 g/mol. The van der Waals surface area contributed by atoms with E-state index in [0.29, 0.717) is 35.2 Å². The fraction of sp³-hybridized carbons (Fsp3) is 0.567. The first kappa shape index (κ1) is 31.4. The monoisotopic (exact) mass is 601 g/mol. The van der Waals surface area contributed by atoms with E-state index in [1.807, 2.05) is 13.8 Å². The van der Waals surface area contributed by atoms with Gasteiger partial charge in [0.05, 0.1) is 18.0 Å². The van der Waals surface area contributed by atoms with Gasteiger partial charge in [0.1, 0.15) is 22.2 Å². The second kappa shape index (κ2) is 14.1. The molecule has 224 valence electrons. The minimum absolute atomic E-state index is 0.0252. The summed E-state index contributed by atoms with van der Waals surface area (Å²) in [5.74, 6) is 2.56. The SMILES string of the molecule is CN/C=C(/Nc1nc(Nc2cc(C)c(C3CCN(C(C)C)CC3)cc2OC2CC2)ncc1Cl)C(=N)[S+]([O-])CC(C)C. The number of piperidine rings is 1. The average molecular weight is 602 g/mol. The lowest BCUT2D eigenvalue weighted by Gasteiger charge is -2.35. The van der Waals surface area contributed by atoms with E-state index >= 15 is 0 Å². The number of aromatic nitrogens is 2. The standard InChI is InChI=1S/C30H44ClN7O2S/c1-18(2)17-41(39)28(32)26(16-33-6)35-29-24(31)15-34-30(37-29)36-25-13-20(5)23(14-27(25)40-22-7-8-22)21-9-11-38(12-10-21)19(3)4/h13-16,18-19,21-22,32-33H,7-12,17H2,1-6H3,(H2,34,35,36,37)/b26-16+,32-28?. The molecular formula is C30H44ClN7O2S. The molecule has 1 aliphatic carbocycles. The number of nitrogens with zero attached hydrogens (tertiary/aromatic N) is 3. The Balaban J connectivity index is 1.56. The summed E-state index contributed by atoms with van der Waals surface area (Å²) in [5.41, 5.74) is 3.71. The van der Waals surface area contributed by atoms with Crippen LogP contribution in [0.15, 0.2) is 30.2 Å². The molecule has 9 nitrogen and oxygen atoms in total. The molecule has 1 atom stereocenters. The van der Waals surface area contributed by atoms with Gasteiger partial charge in [-0.1, -0.05) is 25.4 Å². The average Bonchev–Trinajstić information content (AvgIpc) is 3.75. The summed E-state index contributed by atoms with van der Waals surface area (Å²) >= 11 is 4.98. The Hall–Kier alpha value is -2.53. The van der Waals surface area contributed by atoms with E-state index in [1.165, 1.54) is 17.3 Å². The summed E-state index contributed by atoms with van der Waals surface area (Å²) in [5, 5.41) is 18.1. The Bertz CT molecular complexity index is 1240. The molecule has 1 aromatic carbocycles. The Labute approximate surface area is 252 Å². The van der Waals surface area contributed by atoms with Crippen LogP contribution in [0, 0.1) is 18.3 Å². The van der Waals surface area contributed by atoms with Crippen LogP contribution < -0.4 is 20.7 Å². The zero-order valence-electron chi connectivity index (χ0n) is 25.0. The predicted octanol–water partition coefficient (Wildman–Crippen LogP) is 6.17. The van der Waals surface area contributed by atoms with Gasteiger partial charge in [-0.15, -0.1) is 0 Å². The first-order valence-electron chi connectivity index (χ1n) is 14.5. The van der Waals surface area contributed by atoms with Gasteiger partial charge in [0, 0.05) is 30.5 Å². The molecule has 2 aliphatic rings. The zero-order chi connectivity index (χ0) is 29.7. The molecule has 4 rings (SSSR count). The highest BCUT2D eigenvalue weighted by Crippen LogP contribution is 2.40. The maximum Gasteiger partial charge on any atom is 0.262 e. The highest BCUT2D eigenvalue weighted by molar-refractivity contribution is 8.06. The van der Waals surface area contributed by atoms with Gasteiger partial charge in [0.25, 0.3) is 5.04 Å². The van der Waals surface area contributed by atoms with Crippen molar-refractivity contribution in [3.63, 3.8) is 0 Å². The Morgan fingerprint density at radius 3 is 2.54 bits per heavy atom. The van der Waals surface area contributed by atoms with Crippen molar-refractivity contribution in [2.24, 2.45) is 5.92 Å². The molecule has 2 fully saturated rings. The molecule has 1 saturated heterocycles. The van der Waals surface area contributed by atoms with Gasteiger partial charge >= 0.3 is 0 Å². The van der Waals surface area contributed by atoms with Crippen LogP contribution in [-0.4, -0.2) is 62.5 Å². The van der Waals surface area contributed by atoms with Crippen LogP contribution in [0.2, 0.25) is 5.02 Å². The van der Waals surface area contributed by atoms with E-state index in [2.05, 4.69) is 63.7 Å². The number of nitrogens with one attached hydrogen (secondary N) is 4. The van der Waals surface area contributed by atoms with Crippen molar-refractivity contribution in [1.82, 2.24) is 20.2 Å². The highest BCUT2D eigenvalue weighted by Gasteiger charge is 2.28. The molecule has 0 bridgehead atoms. The topological polar surface area (TPSA) is 121 Å². The lowest BCUT2D eigenvalue weighted by atomic mass is 9.86. The first-order chi connectivity index (χ1) is 19.5. The maximum atomic E-state index is 12.7. The van der Waals surface area contributed by atoms with Crippen LogP contribution in [0.4, 0.5) is 17.5 Å². The number of rotatable bonds is 12. The molecule has 4 N–H and O–H groups in total. The van der Waals surface area contributed by atoms with Crippen molar-refractivity contribution in [1.29, 1.82) is 5.41 Å². The molecule has 41 heavy (non-hydrogen) atoms. The van der Waals surface area contributed by atoms with Crippen LogP contribution >= 0.6 is 11.6 Å². The summed E-state index contributed by atoms with van der Waals surface area (Å²) in [4.78, 5) is 11.6. The van der Waals surface area contributed by atoms with Gasteiger partial charge in [-0.05, 0) is 94.6 Å². The van der Waals surface area contributed by atoms with E-state index in [4.69, 9.17) is 21.7 Å². The van der Waals surface area contributed by atoms with Crippen molar-refractivity contribution in [2.75, 3.05) is 36.5 Å². The molecule has 0 spiro atoms. The number of aryl methyl sites for hydroxylation is 1. The normalized spacial score (nSPS) is 17.6. The first-order valence-corrected chi connectivity index (χ1v) is 16.2. The van der Waals surface area contributed by atoms with Gasteiger partial charge < -0.3 is 30.1 Å². The summed E-state index contributed by atoms with van der Waals surface area (Å²) in [6.45, 7) is 12.9. The Morgan fingerprint density at radius 1 is 1.22 bits per heavy atom. The number of likely N-dealkylation sites (tertiary alicyclic amines) is 1. The summed E-state index contributed by atoms with van der Waals surface area (Å²) in [6, 6.07) is 4.91. The fourth-order valence-electron chi connectivity index (χ4n) is 5.01. The molecule has 1 saturated carbocycles. The van der Waals surface area contributed by atoms with Gasteiger partial charge in [0.15, 0.2) is 5.82 Å². The van der Waals surface area contributed by atoms with Crippen LogP contribution in [-0.2, 0) is 11.2 Å². The second-order valence-corrected chi connectivity index (χ2v) is 13.5. The molecule has 0 amide bonds. The number of hydrogen-bond donors (Lipinski definition) is 4. The molecule has 0 radical (unpaired) electrons. The van der Waals surface area contributed by atoms with E-state index < -0.39 is 11.2 Å². The lowest BCUT2D eigenvalue weighted by Crippen LogP contribution is -2.37. The molecule has 1 aliphatic heterocycles. The number of benzene rings is 1. The smallest absolute Gasteiger partial charge is 0.262 e. The zero-order valence-corrected chi connectivity index (χ0v) is 26.6. The minimum atomic E-state index is -1.47. The number of ether oxygens (including phenoxy) is 1. The van der Waals surface area contributed by atoms with Crippen molar-refractivity contribution < 1.29 is 9.29 Å². The Morgan fingerprint density at radius 2 is 1.93 bits per heavy atom. The van der Waals surface area contributed by atoms with E-state index in [-0.39, 0.29) is 22.1 Å². The third-order valence-corrected chi connectivity index (χ3v) is 9.30. The van der Waals surface area contributed by atoms with Gasteiger partial charge in [0.2, 0.25) is 5.95 Å². The van der Waals surface area contributed by atoms with Crippen LogP contribution in [0.3, 0.4) is 0 Å². The fourth-order valence-corrected chi connectivity index (χ4v) is 6.27. The maximum absolute atomic E-state index is 12.7. The minimum Gasteiger partial charge on any atom is -0.610 e. The second-order valence-electron chi connectivity index (χ2n) is 11.6. The van der Waals surface area contributed by atoms with Gasteiger partial charge in [-0.3, -0.25) is 5.41 Å². The third kappa shape index (κ3) is 8.50. The van der Waals surface area contributed by atoms with Gasteiger partial charge in [-0.25, -0.2) is 4.98 Å². The van der Waals surface area contributed by atoms with Crippen molar-refractivity contribution in [3.8, 4) is 5.75 Å². The molecule has 2 heterocycles. The predicted molar refractivity (Wildman–Crippen MR) is 170 cm³/mol. The summed E-state index contributed by atoms with van der Waals surface area (Å²) in [6.07, 6.45) is 7.74. The van der Waals surface area contributed by atoms with Crippen molar-refractivity contribution >= 4 is 45.3 Å². The van der Waals surface area contributed by atoms with Crippen molar-refractivity contribution in [3.05, 3.63) is 46.4 Å². The van der Waals surface area contributed by atoms with E-state index in [1.54, 1.807) is 13.2 Å². The third-order valence-electron chi connectivity index (χ3n) is 7.38. The van der Waals surface area contributed by atoms with Crippen LogP contribution in [0.5, 0.6) is 5.75 Å². The number of anilines is 3. The largest absolute Gasteiger partial charge is 0.610 e. The molecule has 11 heteroatoms. The van der Waals surface area contributed by atoms with Crippen LogP contribution in [0.25, 0.3) is 0 Å². The summed E-state index contributed by atoms with van der Waals surface area (Å²) in [7, 11) is 1.72. The highest BCUT2D eigenvalue weighted by atomic mass is 35.5. The van der Waals surface area contributed by atoms with E-state index in [0.717, 1.165) is 50.2 Å². The van der Waals surface area contributed by atoms with E-state index in [9.17, 15) is 4.55 Å². The number of halogens is 1. The molecule has 1 aromatic heterocycles. The summed E-state index contributed by atoms with van der Waals surface area (Å²) < 4.78 is 19.1. The lowest BCUT2D eigenvalue weighted by molar-refractivity contribution is 0.171. The van der Waals surface area contributed by atoms with Crippen LogP contribution in [0.1, 0.15) is 70.4 Å².